The van der Waals surface area contributed by atoms with E-state index in [1.807, 2.05) is 25.1 Å². The van der Waals surface area contributed by atoms with Crippen LogP contribution in [0.15, 0.2) is 57.0 Å². The second-order valence-electron chi connectivity index (χ2n) is 6.19. The van der Waals surface area contributed by atoms with Crippen molar-refractivity contribution in [2.75, 3.05) is 0 Å². The lowest BCUT2D eigenvalue weighted by Gasteiger charge is -2.08. The highest BCUT2D eigenvalue weighted by Crippen LogP contribution is 2.31. The van der Waals surface area contributed by atoms with E-state index in [-0.39, 0.29) is 0 Å². The molecule has 1 aromatic carbocycles. The van der Waals surface area contributed by atoms with E-state index in [2.05, 4.69) is 10.2 Å². The highest BCUT2D eigenvalue weighted by molar-refractivity contribution is 7.98. The highest BCUT2D eigenvalue weighted by Gasteiger charge is 2.31. The lowest BCUT2D eigenvalue weighted by atomic mass is 10.1. The Hall–Kier alpha value is -2.81. The van der Waals surface area contributed by atoms with Crippen molar-refractivity contribution in [2.45, 2.75) is 30.4 Å². The first kappa shape index (κ1) is 18.5. The van der Waals surface area contributed by atoms with E-state index in [1.54, 1.807) is 0 Å². The average molecular weight is 405 g/mol. The maximum absolute atomic E-state index is 13.0. The molecule has 0 amide bonds. The monoisotopic (exact) mass is 405 g/mol. The number of aryl methyl sites for hydroxylation is 1. The van der Waals surface area contributed by atoms with Crippen LogP contribution in [0, 0.1) is 0 Å². The standard InChI is InChI=1S/C19H14F3N3O2S/c1-2-11-3-5-14-12(8-17(26)27-15(14)7-11)10-28-18-24-23-16-6-4-13(9-25(16)18)19(20,21)22/h3-9H,2,10H2,1H3. The summed E-state index contributed by atoms with van der Waals surface area (Å²) in [7, 11) is 0. The maximum atomic E-state index is 13.0. The van der Waals surface area contributed by atoms with Crippen molar-refractivity contribution in [3.63, 3.8) is 0 Å². The molecule has 9 heteroatoms. The van der Waals surface area contributed by atoms with Gasteiger partial charge in [0.25, 0.3) is 0 Å². The third-order valence-electron chi connectivity index (χ3n) is 4.36. The molecule has 3 heterocycles. The first-order valence-electron chi connectivity index (χ1n) is 8.45. The van der Waals surface area contributed by atoms with Crippen molar-refractivity contribution in [3.8, 4) is 0 Å². The molecule has 0 N–H and O–H groups in total. The fraction of sp³-hybridized carbons (Fsp3) is 0.211. The summed E-state index contributed by atoms with van der Waals surface area (Å²) in [5.41, 5.74) is 1.33. The van der Waals surface area contributed by atoms with Gasteiger partial charge in [-0.25, -0.2) is 4.79 Å². The largest absolute Gasteiger partial charge is 0.423 e. The molecule has 5 nitrogen and oxygen atoms in total. The number of hydrogen-bond donors (Lipinski definition) is 0. The quantitative estimate of drug-likeness (QED) is 0.364. The van der Waals surface area contributed by atoms with Crippen molar-refractivity contribution in [1.82, 2.24) is 14.6 Å². The minimum atomic E-state index is -4.45. The van der Waals surface area contributed by atoms with Crippen molar-refractivity contribution in [2.24, 2.45) is 0 Å². The Bertz CT molecular complexity index is 1230. The molecule has 0 aliphatic heterocycles. The minimum absolute atomic E-state index is 0.313. The molecule has 0 unspecified atom stereocenters. The van der Waals surface area contributed by atoms with Crippen molar-refractivity contribution in [3.05, 3.63) is 69.7 Å². The number of pyridine rings is 1. The van der Waals surface area contributed by atoms with Crippen LogP contribution in [0.3, 0.4) is 0 Å². The number of alkyl halides is 3. The topological polar surface area (TPSA) is 60.4 Å². The van der Waals surface area contributed by atoms with Crippen LogP contribution in [0.2, 0.25) is 0 Å². The molecule has 0 atom stereocenters. The molecule has 0 aliphatic carbocycles. The Labute approximate surface area is 161 Å². The van der Waals surface area contributed by atoms with Crippen LogP contribution in [-0.4, -0.2) is 14.6 Å². The van der Waals surface area contributed by atoms with Gasteiger partial charge in [0.05, 0.1) is 5.56 Å². The molecular formula is C19H14F3N3O2S. The minimum Gasteiger partial charge on any atom is -0.423 e. The van der Waals surface area contributed by atoms with E-state index in [9.17, 15) is 18.0 Å². The molecule has 0 radical (unpaired) electrons. The molecule has 0 aliphatic rings. The van der Waals surface area contributed by atoms with Crippen LogP contribution in [0.5, 0.6) is 0 Å². The number of aromatic nitrogens is 3. The number of benzene rings is 1. The number of thioether (sulfide) groups is 1. The molecule has 0 bridgehead atoms. The van der Waals surface area contributed by atoms with E-state index in [0.29, 0.717) is 22.1 Å². The first-order valence-corrected chi connectivity index (χ1v) is 9.44. The molecule has 3 aromatic heterocycles. The number of hydrogen-bond acceptors (Lipinski definition) is 5. The first-order chi connectivity index (χ1) is 13.3. The third kappa shape index (κ3) is 3.49. The SMILES string of the molecule is CCc1ccc2c(CSc3nnc4ccc(C(F)(F)F)cn34)cc(=O)oc2c1. The lowest BCUT2D eigenvalue weighted by molar-refractivity contribution is -0.137. The smallest absolute Gasteiger partial charge is 0.417 e. The summed E-state index contributed by atoms with van der Waals surface area (Å²) in [6, 6.07) is 9.31. The second kappa shape index (κ2) is 6.97. The number of nitrogens with zero attached hydrogens (tertiary/aromatic N) is 3. The van der Waals surface area contributed by atoms with E-state index in [1.165, 1.54) is 28.3 Å². The normalized spacial score (nSPS) is 12.1. The fourth-order valence-corrected chi connectivity index (χ4v) is 3.80. The van der Waals surface area contributed by atoms with Crippen LogP contribution in [0.25, 0.3) is 16.6 Å². The van der Waals surface area contributed by atoms with Gasteiger partial charge in [-0.3, -0.25) is 4.40 Å². The zero-order valence-electron chi connectivity index (χ0n) is 14.7. The van der Waals surface area contributed by atoms with Crippen LogP contribution in [-0.2, 0) is 18.3 Å². The number of fused-ring (bicyclic) bond motifs is 2. The van der Waals surface area contributed by atoms with Gasteiger partial charge in [0.15, 0.2) is 10.8 Å². The summed E-state index contributed by atoms with van der Waals surface area (Å²) in [6.45, 7) is 2.00. The van der Waals surface area contributed by atoms with Crippen molar-refractivity contribution in [1.29, 1.82) is 0 Å². The fourth-order valence-electron chi connectivity index (χ4n) is 2.89. The van der Waals surface area contributed by atoms with Gasteiger partial charge in [-0.2, -0.15) is 13.2 Å². The summed E-state index contributed by atoms with van der Waals surface area (Å²) in [5, 5.41) is 8.97. The van der Waals surface area contributed by atoms with Crippen LogP contribution < -0.4 is 5.63 Å². The van der Waals surface area contributed by atoms with Crippen LogP contribution in [0.4, 0.5) is 13.2 Å². The average Bonchev–Trinajstić information content (AvgIpc) is 3.07. The predicted octanol–water partition coefficient (Wildman–Crippen LogP) is 4.71. The van der Waals surface area contributed by atoms with Gasteiger partial charge in [-0.05, 0) is 35.7 Å². The molecular weight excluding hydrogens is 391 g/mol. The second-order valence-corrected chi connectivity index (χ2v) is 7.13. The lowest BCUT2D eigenvalue weighted by Crippen LogP contribution is -2.06. The van der Waals surface area contributed by atoms with Gasteiger partial charge in [-0.15, -0.1) is 10.2 Å². The Morgan fingerprint density at radius 3 is 2.71 bits per heavy atom. The highest BCUT2D eigenvalue weighted by atomic mass is 32.2. The Kier molecular flexibility index (Phi) is 4.62. The van der Waals surface area contributed by atoms with Gasteiger partial charge in [0.2, 0.25) is 0 Å². The van der Waals surface area contributed by atoms with Crippen LogP contribution >= 0.6 is 11.8 Å². The van der Waals surface area contributed by atoms with E-state index in [0.717, 1.165) is 35.2 Å². The molecule has 4 rings (SSSR count). The Morgan fingerprint density at radius 1 is 1.14 bits per heavy atom. The summed E-state index contributed by atoms with van der Waals surface area (Å²) in [4.78, 5) is 11.9. The molecule has 0 fully saturated rings. The molecule has 0 saturated carbocycles. The van der Waals surface area contributed by atoms with E-state index in [4.69, 9.17) is 4.42 Å². The molecule has 4 aromatic rings. The van der Waals surface area contributed by atoms with Gasteiger partial charge in [-0.1, -0.05) is 30.8 Å². The van der Waals surface area contributed by atoms with Crippen molar-refractivity contribution >= 4 is 28.4 Å². The summed E-state index contributed by atoms with van der Waals surface area (Å²) in [5.74, 6) is 0.338. The van der Waals surface area contributed by atoms with Crippen molar-refractivity contribution < 1.29 is 17.6 Å². The Balaban J connectivity index is 1.69. The van der Waals surface area contributed by atoms with Gasteiger partial charge in [0.1, 0.15) is 5.58 Å². The number of halogens is 3. The summed E-state index contributed by atoms with van der Waals surface area (Å²) >= 11 is 1.20. The molecule has 28 heavy (non-hydrogen) atoms. The zero-order chi connectivity index (χ0) is 19.9. The van der Waals surface area contributed by atoms with Gasteiger partial charge < -0.3 is 4.42 Å². The molecule has 144 valence electrons. The predicted molar refractivity (Wildman–Crippen MR) is 99.4 cm³/mol. The van der Waals surface area contributed by atoms with Gasteiger partial charge >= 0.3 is 11.8 Å². The third-order valence-corrected chi connectivity index (χ3v) is 5.35. The van der Waals surface area contributed by atoms with Crippen LogP contribution in [0.1, 0.15) is 23.6 Å². The molecule has 0 spiro atoms. The van der Waals surface area contributed by atoms with E-state index < -0.39 is 17.4 Å². The summed E-state index contributed by atoms with van der Waals surface area (Å²) in [6.07, 6.45) is -2.67. The number of rotatable bonds is 4. The van der Waals surface area contributed by atoms with Gasteiger partial charge in [0, 0.05) is 23.4 Å². The van der Waals surface area contributed by atoms with E-state index >= 15 is 0 Å². The molecule has 0 saturated heterocycles. The Morgan fingerprint density at radius 2 is 1.96 bits per heavy atom. The summed E-state index contributed by atoms with van der Waals surface area (Å²) < 4.78 is 45.5. The zero-order valence-corrected chi connectivity index (χ0v) is 15.5. The maximum Gasteiger partial charge on any atom is 0.417 e.